The Hall–Kier alpha value is -4.37. The third kappa shape index (κ3) is 56.9. The average Bonchev–Trinajstić information content (AvgIpc) is 3.36. The first kappa shape index (κ1) is 69.6. The second-order valence-corrected chi connectivity index (χ2v) is 20.7. The predicted octanol–water partition coefficient (Wildman–Crippen LogP) is 17.7. The molecule has 0 saturated heterocycles. The van der Waals surface area contributed by atoms with Gasteiger partial charge in [-0.05, 0) is 122 Å². The maximum Gasteiger partial charge on any atom is 0.472 e. The lowest BCUT2D eigenvalue weighted by Gasteiger charge is -2.24. The number of carbonyl (C=O) groups excluding carboxylic acids is 2. The van der Waals surface area contributed by atoms with E-state index in [0.717, 1.165) is 141 Å². The molecule has 0 radical (unpaired) electrons. The normalized spacial score (nSPS) is 14.5. The molecule has 0 aliphatic rings. The molecule has 0 heterocycles. The number of phosphoric acid groups is 1. The lowest BCUT2D eigenvalue weighted by atomic mass is 10.1. The predicted molar refractivity (Wildman–Crippen MR) is 316 cm³/mol. The molecular formula is C64H103NO8P+. The van der Waals surface area contributed by atoms with Crippen LogP contribution in [0.3, 0.4) is 0 Å². The number of allylic oxidation sites excluding steroid dienone is 26. The summed E-state index contributed by atoms with van der Waals surface area (Å²) in [5, 5.41) is 0. The molecule has 2 atom stereocenters. The summed E-state index contributed by atoms with van der Waals surface area (Å²) in [5.74, 6) is -0.864. The second-order valence-electron chi connectivity index (χ2n) is 19.2. The minimum atomic E-state index is -4.41. The Bertz CT molecular complexity index is 1800. The first-order valence-electron chi connectivity index (χ1n) is 28.2. The highest BCUT2D eigenvalue weighted by molar-refractivity contribution is 7.47. The molecule has 416 valence electrons. The van der Waals surface area contributed by atoms with Gasteiger partial charge in [-0.3, -0.25) is 18.6 Å². The van der Waals surface area contributed by atoms with Gasteiger partial charge in [0.25, 0.3) is 0 Å². The molecule has 74 heavy (non-hydrogen) atoms. The van der Waals surface area contributed by atoms with Crippen molar-refractivity contribution in [3.05, 3.63) is 158 Å². The summed E-state index contributed by atoms with van der Waals surface area (Å²) in [6, 6.07) is 0. The van der Waals surface area contributed by atoms with Gasteiger partial charge in [-0.25, -0.2) is 4.57 Å². The quantitative estimate of drug-likeness (QED) is 0.0211. The number of phosphoric ester groups is 1. The average molecular weight is 1050 g/mol. The zero-order valence-electron chi connectivity index (χ0n) is 47.0. The minimum absolute atomic E-state index is 0.0134. The molecule has 10 heteroatoms. The number of quaternary nitrogens is 1. The summed E-state index contributed by atoms with van der Waals surface area (Å²) >= 11 is 0. The van der Waals surface area contributed by atoms with E-state index in [4.69, 9.17) is 18.5 Å². The highest BCUT2D eigenvalue weighted by Crippen LogP contribution is 2.43. The summed E-state index contributed by atoms with van der Waals surface area (Å²) in [6.07, 6.45) is 80.2. The Balaban J connectivity index is 4.30. The summed E-state index contributed by atoms with van der Waals surface area (Å²) in [7, 11) is 1.42. The van der Waals surface area contributed by atoms with Crippen molar-refractivity contribution in [2.45, 2.75) is 187 Å². The van der Waals surface area contributed by atoms with E-state index in [-0.39, 0.29) is 26.1 Å². The van der Waals surface area contributed by atoms with Crippen LogP contribution >= 0.6 is 7.82 Å². The van der Waals surface area contributed by atoms with E-state index in [1.807, 2.05) is 21.1 Å². The fourth-order valence-corrected chi connectivity index (χ4v) is 7.50. The number of likely N-dealkylation sites (N-methyl/N-ethyl adjacent to an activating group) is 1. The van der Waals surface area contributed by atoms with Gasteiger partial charge >= 0.3 is 19.8 Å². The molecule has 0 spiro atoms. The number of nitrogens with zero attached hydrogens (tertiary/aromatic N) is 1. The van der Waals surface area contributed by atoms with Crippen LogP contribution in [-0.4, -0.2) is 74.9 Å². The molecule has 0 aliphatic carbocycles. The maximum atomic E-state index is 12.8. The van der Waals surface area contributed by atoms with Gasteiger partial charge in [-0.2, -0.15) is 0 Å². The van der Waals surface area contributed by atoms with Crippen molar-refractivity contribution < 1.29 is 42.1 Å². The number of esters is 2. The van der Waals surface area contributed by atoms with Crippen molar-refractivity contribution in [2.24, 2.45) is 0 Å². The molecule has 0 aromatic carbocycles. The molecule has 0 fully saturated rings. The van der Waals surface area contributed by atoms with Crippen molar-refractivity contribution in [2.75, 3.05) is 47.5 Å². The number of hydrogen-bond donors (Lipinski definition) is 1. The van der Waals surface area contributed by atoms with Gasteiger partial charge in [0.05, 0.1) is 27.7 Å². The van der Waals surface area contributed by atoms with Gasteiger partial charge in [0.2, 0.25) is 0 Å². The molecule has 0 saturated carbocycles. The Morgan fingerprint density at radius 2 is 0.730 bits per heavy atom. The summed E-state index contributed by atoms with van der Waals surface area (Å²) in [6.45, 7) is 4.11. The van der Waals surface area contributed by atoms with Crippen molar-refractivity contribution in [3.63, 3.8) is 0 Å². The zero-order chi connectivity index (χ0) is 54.2. The van der Waals surface area contributed by atoms with E-state index in [9.17, 15) is 19.0 Å². The molecule has 9 nitrogen and oxygen atoms in total. The van der Waals surface area contributed by atoms with Crippen LogP contribution in [-0.2, 0) is 32.7 Å². The number of ether oxygens (including phenoxy) is 2. The summed E-state index contributed by atoms with van der Waals surface area (Å²) in [5.41, 5.74) is 0. The van der Waals surface area contributed by atoms with Gasteiger partial charge in [-0.1, -0.05) is 204 Å². The Labute approximate surface area is 452 Å². The molecule has 0 amide bonds. The van der Waals surface area contributed by atoms with Gasteiger partial charge in [0.15, 0.2) is 6.10 Å². The molecule has 0 aliphatic heterocycles. The Morgan fingerprint density at radius 1 is 0.419 bits per heavy atom. The van der Waals surface area contributed by atoms with Gasteiger partial charge < -0.3 is 18.9 Å². The monoisotopic (exact) mass is 1040 g/mol. The SMILES string of the molecule is CC/C=C\C/C=C\C/C=C\C/C=C\C/C=C\C/C=C\C/C=C\C/C=C\C/C=C\CCCCCCCC(=O)OC(COC(=O)CCCCCC/C=C\C/C=C\C/C=C\C/C=C\CC)COP(=O)(O)OCC[N+](C)(C)C. The van der Waals surface area contributed by atoms with Crippen molar-refractivity contribution in [1.82, 2.24) is 0 Å². The van der Waals surface area contributed by atoms with E-state index < -0.39 is 32.5 Å². The Morgan fingerprint density at radius 3 is 1.08 bits per heavy atom. The number of rotatable bonds is 49. The first-order chi connectivity index (χ1) is 36.0. The van der Waals surface area contributed by atoms with Gasteiger partial charge in [0.1, 0.15) is 19.8 Å². The van der Waals surface area contributed by atoms with E-state index in [1.54, 1.807) is 0 Å². The zero-order valence-corrected chi connectivity index (χ0v) is 47.9. The van der Waals surface area contributed by atoms with E-state index in [1.165, 1.54) is 0 Å². The second kappa shape index (κ2) is 53.5. The minimum Gasteiger partial charge on any atom is -0.462 e. The summed E-state index contributed by atoms with van der Waals surface area (Å²) in [4.78, 5) is 35.6. The fraction of sp³-hybridized carbons (Fsp3) is 0.562. The molecule has 0 aromatic rings. The largest absolute Gasteiger partial charge is 0.472 e. The lowest BCUT2D eigenvalue weighted by molar-refractivity contribution is -0.870. The topological polar surface area (TPSA) is 108 Å². The standard InChI is InChI=1S/C64H102NO8P/c1-6-8-10-12-14-16-18-20-22-24-25-26-27-28-29-30-31-32-33-34-35-36-37-38-39-41-43-45-47-49-51-53-55-57-64(67)73-62(61-72-74(68,69)71-59-58-65(3,4)5)60-70-63(66)56-54-52-50-48-46-44-42-40-23-21-19-17-15-13-11-9-7-2/h8-11,14-17,20-23,25-26,28-29,31-32,34-35,37-38,41-44,62H,6-7,12-13,18-19,24,27,30,33,36,39-40,45-61H2,1-5H3/p+1/b10-8-,11-9-,16-14-,17-15-,22-20-,23-21-,26-25-,29-28-,32-31-,35-34-,38-37-,43-41-,44-42-. The number of unbranched alkanes of at least 4 members (excludes halogenated alkanes) is 9. The van der Waals surface area contributed by atoms with Crippen LogP contribution in [0.15, 0.2) is 158 Å². The first-order valence-corrected chi connectivity index (χ1v) is 29.7. The molecular weight excluding hydrogens is 942 g/mol. The fourth-order valence-electron chi connectivity index (χ4n) is 6.76. The molecule has 1 N–H and O–H groups in total. The highest BCUT2D eigenvalue weighted by atomic mass is 31.2. The van der Waals surface area contributed by atoms with E-state index in [0.29, 0.717) is 23.9 Å². The van der Waals surface area contributed by atoms with Crippen LogP contribution < -0.4 is 0 Å². The Kier molecular flexibility index (Phi) is 50.3. The number of carbonyl (C=O) groups is 2. The smallest absolute Gasteiger partial charge is 0.462 e. The molecule has 0 aromatic heterocycles. The van der Waals surface area contributed by atoms with Crippen molar-refractivity contribution >= 4 is 19.8 Å². The molecule has 2 unspecified atom stereocenters. The maximum absolute atomic E-state index is 12.8. The van der Waals surface area contributed by atoms with Crippen molar-refractivity contribution in [3.8, 4) is 0 Å². The number of hydrogen-bond acceptors (Lipinski definition) is 7. The van der Waals surface area contributed by atoms with Crippen LogP contribution in [0.25, 0.3) is 0 Å². The molecule has 0 rings (SSSR count). The third-order valence-electron chi connectivity index (χ3n) is 11.1. The highest BCUT2D eigenvalue weighted by Gasteiger charge is 2.27. The van der Waals surface area contributed by atoms with E-state index >= 15 is 0 Å². The van der Waals surface area contributed by atoms with Crippen molar-refractivity contribution in [1.29, 1.82) is 0 Å². The molecule has 0 bridgehead atoms. The van der Waals surface area contributed by atoms with Crippen LogP contribution in [0.4, 0.5) is 0 Å². The van der Waals surface area contributed by atoms with Crippen LogP contribution in [0, 0.1) is 0 Å². The van der Waals surface area contributed by atoms with Crippen LogP contribution in [0.2, 0.25) is 0 Å². The van der Waals surface area contributed by atoms with Gasteiger partial charge in [-0.15, -0.1) is 0 Å². The third-order valence-corrected chi connectivity index (χ3v) is 12.0. The summed E-state index contributed by atoms with van der Waals surface area (Å²) < 4.78 is 34.5. The van der Waals surface area contributed by atoms with E-state index in [2.05, 4.69) is 172 Å². The van der Waals surface area contributed by atoms with Crippen LogP contribution in [0.1, 0.15) is 181 Å². The van der Waals surface area contributed by atoms with Crippen LogP contribution in [0.5, 0.6) is 0 Å². The lowest BCUT2D eigenvalue weighted by Crippen LogP contribution is -2.37. The van der Waals surface area contributed by atoms with Gasteiger partial charge in [0, 0.05) is 12.8 Å².